The number of ether oxygens (including phenoxy) is 1. The second kappa shape index (κ2) is 7.93. The number of benzene rings is 1. The quantitative estimate of drug-likeness (QED) is 0.362. The zero-order valence-electron chi connectivity index (χ0n) is 9.90. The molecule has 104 valence electrons. The van der Waals surface area contributed by atoms with Crippen LogP contribution in [0.15, 0.2) is 18.2 Å². The summed E-state index contributed by atoms with van der Waals surface area (Å²) in [7, 11) is 0. The Hall–Kier alpha value is -1.37. The molecule has 6 nitrogen and oxygen atoms in total. The Morgan fingerprint density at radius 3 is 2.79 bits per heavy atom. The lowest BCUT2D eigenvalue weighted by Gasteiger charge is -2.06. The van der Waals surface area contributed by atoms with Crippen molar-refractivity contribution in [3.63, 3.8) is 0 Å². The minimum absolute atomic E-state index is 0.0354. The molecule has 1 aromatic carbocycles. The number of nitrogens with zero attached hydrogens (tertiary/aromatic N) is 1. The summed E-state index contributed by atoms with van der Waals surface area (Å²) >= 11 is 11.1. The number of halogens is 2. The molecule has 0 aliphatic carbocycles. The molecule has 0 saturated heterocycles. The van der Waals surface area contributed by atoms with Crippen molar-refractivity contribution in [3.8, 4) is 0 Å². The van der Waals surface area contributed by atoms with E-state index < -0.39 is 10.8 Å². The molecule has 0 atom stereocenters. The molecular weight excluding hydrogens is 295 g/mol. The van der Waals surface area contributed by atoms with Gasteiger partial charge in [-0.2, -0.15) is 0 Å². The maximum Gasteiger partial charge on any atom is 0.283 e. The second-order valence-electron chi connectivity index (χ2n) is 3.48. The third kappa shape index (κ3) is 5.02. The topological polar surface area (TPSA) is 81.5 Å². The molecule has 1 amide bonds. The smallest absolute Gasteiger partial charge is 0.283 e. The lowest BCUT2D eigenvalue weighted by Crippen LogP contribution is -2.28. The van der Waals surface area contributed by atoms with Crippen molar-refractivity contribution in [1.82, 2.24) is 5.32 Å². The Morgan fingerprint density at radius 1 is 1.42 bits per heavy atom. The molecule has 0 fully saturated rings. The number of nitrogens with one attached hydrogen (secondary N) is 1. The van der Waals surface area contributed by atoms with Crippen LogP contribution in [0.2, 0.25) is 5.02 Å². The van der Waals surface area contributed by atoms with E-state index in [1.807, 2.05) is 0 Å². The fourth-order valence-electron chi connectivity index (χ4n) is 1.34. The largest absolute Gasteiger partial charge is 0.378 e. The van der Waals surface area contributed by atoms with E-state index in [1.165, 1.54) is 12.1 Å². The van der Waals surface area contributed by atoms with Gasteiger partial charge in [0.2, 0.25) is 0 Å². The van der Waals surface area contributed by atoms with Crippen LogP contribution in [0.1, 0.15) is 10.4 Å². The first-order valence-corrected chi connectivity index (χ1v) is 6.33. The predicted octanol–water partition coefficient (Wildman–Crippen LogP) is 2.23. The molecule has 0 aliphatic heterocycles. The standard InChI is InChI=1S/C11H12Cl2N2O4/c12-3-5-19-6-4-14-11(16)9-2-1-8(13)7-10(9)15(17)18/h1-2,7H,3-6H2,(H,14,16). The number of nitro benzene ring substituents is 1. The normalized spacial score (nSPS) is 10.2. The average molecular weight is 307 g/mol. The van der Waals surface area contributed by atoms with Crippen molar-refractivity contribution in [1.29, 1.82) is 0 Å². The summed E-state index contributed by atoms with van der Waals surface area (Å²) in [4.78, 5) is 21.9. The van der Waals surface area contributed by atoms with E-state index in [0.29, 0.717) is 19.1 Å². The average Bonchev–Trinajstić information content (AvgIpc) is 2.38. The number of rotatable bonds is 7. The van der Waals surface area contributed by atoms with Gasteiger partial charge in [-0.25, -0.2) is 0 Å². The molecular formula is C11H12Cl2N2O4. The Bertz CT molecular complexity index is 468. The molecule has 19 heavy (non-hydrogen) atoms. The number of alkyl halides is 1. The number of carbonyl (C=O) groups is 1. The summed E-state index contributed by atoms with van der Waals surface area (Å²) in [5, 5.41) is 13.5. The SMILES string of the molecule is O=C(NCCOCCCl)c1ccc(Cl)cc1[N+](=O)[O-]. The predicted molar refractivity (Wildman–Crippen MR) is 72.0 cm³/mol. The van der Waals surface area contributed by atoms with Crippen molar-refractivity contribution in [3.05, 3.63) is 38.9 Å². The van der Waals surface area contributed by atoms with Gasteiger partial charge >= 0.3 is 0 Å². The summed E-state index contributed by atoms with van der Waals surface area (Å²) in [6.45, 7) is 0.924. The third-order valence-corrected chi connectivity index (χ3v) is 2.54. The number of nitro groups is 1. The number of carbonyl (C=O) groups excluding carboxylic acids is 1. The molecule has 0 bridgehead atoms. The van der Waals surface area contributed by atoms with Crippen LogP contribution >= 0.6 is 23.2 Å². The van der Waals surface area contributed by atoms with Crippen LogP contribution in [0, 0.1) is 10.1 Å². The molecule has 8 heteroatoms. The first kappa shape index (κ1) is 15.7. The van der Waals surface area contributed by atoms with Gasteiger partial charge in [0.05, 0.1) is 18.1 Å². The van der Waals surface area contributed by atoms with Gasteiger partial charge in [-0.1, -0.05) is 11.6 Å². The van der Waals surface area contributed by atoms with Gasteiger partial charge in [0, 0.05) is 23.5 Å². The summed E-state index contributed by atoms with van der Waals surface area (Å²) in [5.41, 5.74) is -0.363. The molecule has 0 saturated carbocycles. The third-order valence-electron chi connectivity index (χ3n) is 2.15. The summed E-state index contributed by atoms with van der Waals surface area (Å²) in [6, 6.07) is 3.88. The van der Waals surface area contributed by atoms with Crippen molar-refractivity contribution in [2.45, 2.75) is 0 Å². The highest BCUT2D eigenvalue weighted by molar-refractivity contribution is 6.31. The van der Waals surface area contributed by atoms with E-state index >= 15 is 0 Å². The number of amides is 1. The van der Waals surface area contributed by atoms with Gasteiger partial charge in [-0.05, 0) is 12.1 Å². The Labute approximate surface area is 119 Å². The zero-order valence-corrected chi connectivity index (χ0v) is 11.4. The van der Waals surface area contributed by atoms with Crippen LogP contribution in [-0.2, 0) is 4.74 Å². The van der Waals surface area contributed by atoms with Crippen LogP contribution in [0.3, 0.4) is 0 Å². The van der Waals surface area contributed by atoms with Crippen LogP contribution in [0.4, 0.5) is 5.69 Å². The summed E-state index contributed by atoms with van der Waals surface area (Å²) < 4.78 is 5.06. The monoisotopic (exact) mass is 306 g/mol. The van der Waals surface area contributed by atoms with Crippen molar-refractivity contribution in [2.24, 2.45) is 0 Å². The van der Waals surface area contributed by atoms with Gasteiger partial charge in [0.15, 0.2) is 0 Å². The minimum Gasteiger partial charge on any atom is -0.378 e. The van der Waals surface area contributed by atoms with E-state index in [-0.39, 0.29) is 22.8 Å². The number of hydrogen-bond acceptors (Lipinski definition) is 4. The highest BCUT2D eigenvalue weighted by atomic mass is 35.5. The van der Waals surface area contributed by atoms with E-state index in [2.05, 4.69) is 5.32 Å². The highest BCUT2D eigenvalue weighted by Gasteiger charge is 2.20. The molecule has 1 N–H and O–H groups in total. The van der Waals surface area contributed by atoms with Gasteiger partial charge in [0.25, 0.3) is 11.6 Å². The van der Waals surface area contributed by atoms with E-state index in [1.54, 1.807) is 0 Å². The van der Waals surface area contributed by atoms with E-state index in [0.717, 1.165) is 6.07 Å². The van der Waals surface area contributed by atoms with Crippen LogP contribution in [0.5, 0.6) is 0 Å². The molecule has 0 heterocycles. The highest BCUT2D eigenvalue weighted by Crippen LogP contribution is 2.22. The van der Waals surface area contributed by atoms with Crippen LogP contribution < -0.4 is 5.32 Å². The fourth-order valence-corrected chi connectivity index (χ4v) is 1.61. The van der Waals surface area contributed by atoms with Crippen LogP contribution in [0.25, 0.3) is 0 Å². The van der Waals surface area contributed by atoms with Crippen molar-refractivity contribution >= 4 is 34.8 Å². The minimum atomic E-state index is -0.648. The lowest BCUT2D eigenvalue weighted by atomic mass is 10.1. The van der Waals surface area contributed by atoms with Crippen molar-refractivity contribution in [2.75, 3.05) is 25.6 Å². The molecule has 1 aromatic rings. The molecule has 0 aliphatic rings. The summed E-state index contributed by atoms with van der Waals surface area (Å²) in [5.74, 6) is -0.172. The van der Waals surface area contributed by atoms with Gasteiger partial charge in [-0.3, -0.25) is 14.9 Å². The van der Waals surface area contributed by atoms with Gasteiger partial charge in [0.1, 0.15) is 5.56 Å². The Balaban J connectivity index is 2.64. The molecule has 0 aromatic heterocycles. The molecule has 0 unspecified atom stereocenters. The van der Waals surface area contributed by atoms with Gasteiger partial charge < -0.3 is 10.1 Å². The Morgan fingerprint density at radius 2 is 2.16 bits per heavy atom. The van der Waals surface area contributed by atoms with Crippen LogP contribution in [-0.4, -0.2) is 36.5 Å². The van der Waals surface area contributed by atoms with Gasteiger partial charge in [-0.15, -0.1) is 11.6 Å². The van der Waals surface area contributed by atoms with E-state index in [9.17, 15) is 14.9 Å². The molecule has 1 rings (SSSR count). The first-order chi connectivity index (χ1) is 9.06. The molecule has 0 spiro atoms. The summed E-state index contributed by atoms with van der Waals surface area (Å²) in [6.07, 6.45) is 0. The van der Waals surface area contributed by atoms with E-state index in [4.69, 9.17) is 27.9 Å². The second-order valence-corrected chi connectivity index (χ2v) is 4.29. The molecule has 0 radical (unpaired) electrons. The number of hydrogen-bond donors (Lipinski definition) is 1. The maximum atomic E-state index is 11.8. The first-order valence-electron chi connectivity index (χ1n) is 5.42. The fraction of sp³-hybridized carbons (Fsp3) is 0.364. The Kier molecular flexibility index (Phi) is 6.55. The lowest BCUT2D eigenvalue weighted by molar-refractivity contribution is -0.385. The maximum absolute atomic E-state index is 11.8. The zero-order chi connectivity index (χ0) is 14.3. The van der Waals surface area contributed by atoms with Crippen molar-refractivity contribution < 1.29 is 14.5 Å².